The lowest BCUT2D eigenvalue weighted by atomic mass is 9.80. The third kappa shape index (κ3) is 1.98. The van der Waals surface area contributed by atoms with Gasteiger partial charge in [0, 0.05) is 9.86 Å². The molecule has 1 heterocycles. The fraction of sp³-hybridized carbons (Fsp3) is 0.357. The molecule has 0 saturated heterocycles. The molecule has 1 saturated carbocycles. The minimum Gasteiger partial charge on any atom is -0.386 e. The monoisotopic (exact) mass is 291 g/mol. The van der Waals surface area contributed by atoms with Gasteiger partial charge in [-0.1, -0.05) is 24.6 Å². The minimum atomic E-state index is -0.428. The van der Waals surface area contributed by atoms with Crippen molar-refractivity contribution in [2.24, 2.45) is 5.92 Å². The molecule has 1 N–H and O–H groups in total. The van der Waals surface area contributed by atoms with Crippen molar-refractivity contribution in [1.29, 1.82) is 0 Å². The molecule has 0 aliphatic heterocycles. The van der Waals surface area contributed by atoms with Crippen LogP contribution in [0.1, 0.15) is 31.1 Å². The van der Waals surface area contributed by atoms with Gasteiger partial charge in [-0.05, 0) is 46.8 Å². The van der Waals surface area contributed by atoms with Gasteiger partial charge in [-0.3, -0.25) is 0 Å². The van der Waals surface area contributed by atoms with E-state index >= 15 is 0 Å². The fourth-order valence-corrected chi connectivity index (χ4v) is 2.86. The van der Waals surface area contributed by atoms with Gasteiger partial charge in [0.2, 0.25) is 0 Å². The maximum absolute atomic E-state index is 10.3. The van der Waals surface area contributed by atoms with E-state index in [9.17, 15) is 5.11 Å². The molecule has 0 spiro atoms. The summed E-state index contributed by atoms with van der Waals surface area (Å²) in [5.41, 5.74) is 1.73. The SMILES string of the molecule is OC(c1nc2ccccc2cc1Br)C1CCC1. The molecule has 3 heteroatoms. The van der Waals surface area contributed by atoms with Crippen LogP contribution in [0.25, 0.3) is 10.9 Å². The summed E-state index contributed by atoms with van der Waals surface area (Å²) < 4.78 is 0.913. The van der Waals surface area contributed by atoms with Gasteiger partial charge in [-0.25, -0.2) is 4.98 Å². The van der Waals surface area contributed by atoms with Crippen molar-refractivity contribution >= 4 is 26.8 Å². The van der Waals surface area contributed by atoms with E-state index in [2.05, 4.69) is 20.9 Å². The van der Waals surface area contributed by atoms with Crippen molar-refractivity contribution in [1.82, 2.24) is 4.98 Å². The molecule has 1 aromatic heterocycles. The van der Waals surface area contributed by atoms with Crippen LogP contribution in [-0.2, 0) is 0 Å². The molecule has 0 bridgehead atoms. The van der Waals surface area contributed by atoms with Gasteiger partial charge in [-0.15, -0.1) is 0 Å². The van der Waals surface area contributed by atoms with Crippen LogP contribution in [0, 0.1) is 5.92 Å². The number of aromatic nitrogens is 1. The molecule has 1 unspecified atom stereocenters. The number of para-hydroxylation sites is 1. The van der Waals surface area contributed by atoms with E-state index in [0.29, 0.717) is 5.92 Å². The molecule has 0 radical (unpaired) electrons. The van der Waals surface area contributed by atoms with Crippen LogP contribution in [-0.4, -0.2) is 10.1 Å². The number of hydrogen-bond donors (Lipinski definition) is 1. The maximum atomic E-state index is 10.3. The Morgan fingerprint density at radius 1 is 1.29 bits per heavy atom. The quantitative estimate of drug-likeness (QED) is 0.912. The largest absolute Gasteiger partial charge is 0.386 e. The lowest BCUT2D eigenvalue weighted by Crippen LogP contribution is -2.21. The van der Waals surface area contributed by atoms with Gasteiger partial charge >= 0.3 is 0 Å². The van der Waals surface area contributed by atoms with E-state index in [4.69, 9.17) is 0 Å². The van der Waals surface area contributed by atoms with Crippen LogP contribution >= 0.6 is 15.9 Å². The van der Waals surface area contributed by atoms with E-state index in [1.54, 1.807) is 0 Å². The van der Waals surface area contributed by atoms with Crippen molar-refractivity contribution in [3.63, 3.8) is 0 Å². The van der Waals surface area contributed by atoms with E-state index < -0.39 is 6.10 Å². The summed E-state index contributed by atoms with van der Waals surface area (Å²) in [6.45, 7) is 0. The van der Waals surface area contributed by atoms with Crippen LogP contribution in [0.3, 0.4) is 0 Å². The summed E-state index contributed by atoms with van der Waals surface area (Å²) in [5.74, 6) is 0.389. The van der Waals surface area contributed by atoms with Gasteiger partial charge in [-0.2, -0.15) is 0 Å². The van der Waals surface area contributed by atoms with Crippen molar-refractivity contribution in [3.05, 3.63) is 40.5 Å². The zero-order chi connectivity index (χ0) is 11.8. The lowest BCUT2D eigenvalue weighted by molar-refractivity contribution is 0.0583. The minimum absolute atomic E-state index is 0.389. The van der Waals surface area contributed by atoms with Gasteiger partial charge in [0.15, 0.2) is 0 Å². The summed E-state index contributed by atoms with van der Waals surface area (Å²) in [7, 11) is 0. The van der Waals surface area contributed by atoms with Crippen LogP contribution in [0.15, 0.2) is 34.8 Å². The Morgan fingerprint density at radius 3 is 2.76 bits per heavy atom. The summed E-state index contributed by atoms with van der Waals surface area (Å²) in [5, 5.41) is 11.4. The van der Waals surface area contributed by atoms with Crippen LogP contribution < -0.4 is 0 Å². The molecular weight excluding hydrogens is 278 g/mol. The third-order valence-electron chi connectivity index (χ3n) is 3.58. The summed E-state index contributed by atoms with van der Waals surface area (Å²) >= 11 is 3.52. The molecule has 17 heavy (non-hydrogen) atoms. The number of rotatable bonds is 2. The van der Waals surface area contributed by atoms with Gasteiger partial charge in [0.25, 0.3) is 0 Å². The Balaban J connectivity index is 2.06. The molecule has 2 nitrogen and oxygen atoms in total. The van der Waals surface area contributed by atoms with Crippen LogP contribution in [0.2, 0.25) is 0 Å². The number of aliphatic hydroxyl groups excluding tert-OH is 1. The zero-order valence-corrected chi connectivity index (χ0v) is 11.0. The Hall–Kier alpha value is -0.930. The lowest BCUT2D eigenvalue weighted by Gasteiger charge is -2.30. The highest BCUT2D eigenvalue weighted by molar-refractivity contribution is 9.10. The first-order valence-electron chi connectivity index (χ1n) is 5.99. The molecule has 1 aromatic carbocycles. The predicted octanol–water partition coefficient (Wildman–Crippen LogP) is 3.83. The first kappa shape index (κ1) is 11.2. The normalized spacial score (nSPS) is 18.0. The predicted molar refractivity (Wildman–Crippen MR) is 71.7 cm³/mol. The van der Waals surface area contributed by atoms with Crippen LogP contribution in [0.4, 0.5) is 0 Å². The van der Waals surface area contributed by atoms with E-state index in [1.807, 2.05) is 30.3 Å². The molecule has 1 fully saturated rings. The van der Waals surface area contributed by atoms with Gasteiger partial charge < -0.3 is 5.11 Å². The van der Waals surface area contributed by atoms with Crippen molar-refractivity contribution in [2.45, 2.75) is 25.4 Å². The second-order valence-electron chi connectivity index (χ2n) is 4.68. The van der Waals surface area contributed by atoms with Gasteiger partial charge in [0.1, 0.15) is 0 Å². The Morgan fingerprint density at radius 2 is 2.06 bits per heavy atom. The average Bonchev–Trinajstić information content (AvgIpc) is 2.25. The number of hydrogen-bond acceptors (Lipinski definition) is 2. The molecule has 3 rings (SSSR count). The smallest absolute Gasteiger partial charge is 0.0999 e. The van der Waals surface area contributed by atoms with Crippen molar-refractivity contribution < 1.29 is 5.11 Å². The molecule has 2 aromatic rings. The number of fused-ring (bicyclic) bond motifs is 1. The first-order chi connectivity index (χ1) is 8.25. The van der Waals surface area contributed by atoms with E-state index in [1.165, 1.54) is 6.42 Å². The molecular formula is C14H14BrNO. The summed E-state index contributed by atoms with van der Waals surface area (Å²) in [4.78, 5) is 4.58. The molecule has 0 amide bonds. The van der Waals surface area contributed by atoms with Crippen molar-refractivity contribution in [2.75, 3.05) is 0 Å². The fourth-order valence-electron chi connectivity index (χ4n) is 2.29. The Kier molecular flexibility index (Phi) is 2.89. The van der Waals surface area contributed by atoms with Gasteiger partial charge in [0.05, 0.1) is 17.3 Å². The van der Waals surface area contributed by atoms with Crippen molar-refractivity contribution in [3.8, 4) is 0 Å². The Labute approximate surface area is 109 Å². The highest BCUT2D eigenvalue weighted by Crippen LogP contribution is 2.39. The number of halogens is 1. The number of benzene rings is 1. The summed E-state index contributed by atoms with van der Waals surface area (Å²) in [6.07, 6.45) is 3.03. The highest BCUT2D eigenvalue weighted by Gasteiger charge is 2.29. The number of pyridine rings is 1. The summed E-state index contributed by atoms with van der Waals surface area (Å²) in [6, 6.07) is 10.0. The maximum Gasteiger partial charge on any atom is 0.0999 e. The molecule has 1 atom stereocenters. The second-order valence-corrected chi connectivity index (χ2v) is 5.54. The Bertz CT molecular complexity index is 551. The van der Waals surface area contributed by atoms with Crippen LogP contribution in [0.5, 0.6) is 0 Å². The molecule has 1 aliphatic rings. The third-order valence-corrected chi connectivity index (χ3v) is 4.22. The average molecular weight is 292 g/mol. The zero-order valence-electron chi connectivity index (χ0n) is 9.44. The number of aliphatic hydroxyl groups is 1. The van der Waals surface area contributed by atoms with E-state index in [0.717, 1.165) is 33.9 Å². The standard InChI is InChI=1S/C14H14BrNO/c15-11-8-10-4-1-2-7-12(10)16-13(11)14(17)9-5-3-6-9/h1-2,4,7-9,14,17H,3,5-6H2. The molecule has 1 aliphatic carbocycles. The number of nitrogens with zero attached hydrogens (tertiary/aromatic N) is 1. The highest BCUT2D eigenvalue weighted by atomic mass is 79.9. The second kappa shape index (κ2) is 4.39. The first-order valence-corrected chi connectivity index (χ1v) is 6.78. The molecule has 88 valence electrons. The topological polar surface area (TPSA) is 33.1 Å². The van der Waals surface area contributed by atoms with E-state index in [-0.39, 0.29) is 0 Å².